The van der Waals surface area contributed by atoms with Crippen LogP contribution in [0.15, 0.2) is 65.8 Å². The standard InChI is InChI=1S/C30H31N5O3S/c1-18-17-20(38-19-9-5-4-6-10-19)13-14-22(18)35-24-15-16-31-29-25(24)26(33-30(35)37)27(39-29)28(36)32-21-11-7-8-12-23(21)34(2)3/h4-6,9-10,13-17,21,23,26-27H,2,7-8,11-12H2,1,3H3,(H-,32,33,36,37)/p+1/t21-,23+,26?,27?/m0/s1. The lowest BCUT2D eigenvalue weighted by Crippen LogP contribution is -2.54. The molecule has 9 heteroatoms. The topological polar surface area (TPSA) is 86.6 Å². The van der Waals surface area contributed by atoms with Gasteiger partial charge in [0.15, 0.2) is 6.04 Å². The molecule has 2 aliphatic heterocycles. The van der Waals surface area contributed by atoms with Gasteiger partial charge < -0.3 is 15.4 Å². The summed E-state index contributed by atoms with van der Waals surface area (Å²) in [6.07, 6.45) is 5.88. The average molecular weight is 543 g/mol. The quantitative estimate of drug-likeness (QED) is 0.325. The number of amides is 3. The van der Waals surface area contributed by atoms with Gasteiger partial charge in [0.2, 0.25) is 5.91 Å². The van der Waals surface area contributed by atoms with E-state index in [9.17, 15) is 9.59 Å². The molecule has 0 bridgehead atoms. The molecule has 1 saturated carbocycles. The predicted molar refractivity (Wildman–Crippen MR) is 152 cm³/mol. The summed E-state index contributed by atoms with van der Waals surface area (Å²) < 4.78 is 7.94. The minimum Gasteiger partial charge on any atom is -0.457 e. The van der Waals surface area contributed by atoms with Crippen molar-refractivity contribution in [3.8, 4) is 11.5 Å². The van der Waals surface area contributed by atoms with Crippen molar-refractivity contribution in [2.75, 3.05) is 11.9 Å². The van der Waals surface area contributed by atoms with Crippen LogP contribution >= 0.6 is 11.8 Å². The molecule has 1 aromatic heterocycles. The van der Waals surface area contributed by atoms with Crippen LogP contribution in [0.25, 0.3) is 0 Å². The van der Waals surface area contributed by atoms with Crippen molar-refractivity contribution in [1.82, 2.24) is 15.6 Å². The summed E-state index contributed by atoms with van der Waals surface area (Å²) in [6.45, 7) is 6.04. The van der Waals surface area contributed by atoms with Crippen LogP contribution in [0.2, 0.25) is 0 Å². The van der Waals surface area contributed by atoms with Gasteiger partial charge in [0.05, 0.1) is 23.5 Å². The molecular formula is C30H32N5O3S+. The summed E-state index contributed by atoms with van der Waals surface area (Å²) in [5, 5.41) is 6.69. The van der Waals surface area contributed by atoms with Gasteiger partial charge in [0.25, 0.3) is 0 Å². The van der Waals surface area contributed by atoms with Crippen molar-refractivity contribution in [1.29, 1.82) is 0 Å². The molecule has 39 heavy (non-hydrogen) atoms. The van der Waals surface area contributed by atoms with Crippen LogP contribution in [0, 0.1) is 6.92 Å². The number of nitrogens with zero attached hydrogens (tertiary/aromatic N) is 3. The number of hydrogen-bond acceptors (Lipinski definition) is 5. The highest BCUT2D eigenvalue weighted by molar-refractivity contribution is 8.01. The van der Waals surface area contributed by atoms with Crippen molar-refractivity contribution in [3.63, 3.8) is 0 Å². The molecule has 8 nitrogen and oxygen atoms in total. The number of ether oxygens (including phenoxy) is 1. The number of likely N-dealkylation sites (N-methyl/N-ethyl adjacent to an activating group) is 1. The summed E-state index contributed by atoms with van der Waals surface area (Å²) in [5.74, 6) is 1.37. The normalized spacial score (nSPS) is 23.5. The maximum Gasteiger partial charge on any atom is 0.327 e. The van der Waals surface area contributed by atoms with Crippen LogP contribution in [0.4, 0.5) is 16.2 Å². The molecule has 1 aliphatic carbocycles. The van der Waals surface area contributed by atoms with Gasteiger partial charge in [-0.15, -0.1) is 0 Å². The van der Waals surface area contributed by atoms with Gasteiger partial charge >= 0.3 is 6.03 Å². The lowest BCUT2D eigenvalue weighted by atomic mass is 9.89. The zero-order chi connectivity index (χ0) is 27.1. The molecule has 3 amide bonds. The Morgan fingerprint density at radius 2 is 1.92 bits per heavy atom. The molecule has 2 N–H and O–H groups in total. The van der Waals surface area contributed by atoms with Gasteiger partial charge in [0.1, 0.15) is 35.5 Å². The lowest BCUT2D eigenvalue weighted by molar-refractivity contribution is -0.537. The first-order valence-electron chi connectivity index (χ1n) is 13.3. The van der Waals surface area contributed by atoms with E-state index >= 15 is 0 Å². The molecule has 4 atom stereocenters. The van der Waals surface area contributed by atoms with Crippen molar-refractivity contribution in [2.45, 2.75) is 61.0 Å². The number of anilines is 2. The molecule has 0 saturated heterocycles. The average Bonchev–Trinajstić information content (AvgIpc) is 3.30. The second-order valence-electron chi connectivity index (χ2n) is 10.4. The van der Waals surface area contributed by atoms with E-state index in [1.165, 1.54) is 11.8 Å². The fourth-order valence-electron chi connectivity index (χ4n) is 5.90. The Labute approximate surface area is 232 Å². The van der Waals surface area contributed by atoms with E-state index in [-0.39, 0.29) is 24.0 Å². The van der Waals surface area contributed by atoms with Crippen LogP contribution in [0.5, 0.6) is 11.5 Å². The van der Waals surface area contributed by atoms with Crippen molar-refractivity contribution in [2.24, 2.45) is 0 Å². The molecule has 3 heterocycles. The second-order valence-corrected chi connectivity index (χ2v) is 11.6. The predicted octanol–water partition coefficient (Wildman–Crippen LogP) is 5.33. The zero-order valence-corrected chi connectivity index (χ0v) is 22.9. The minimum atomic E-state index is -0.486. The third kappa shape index (κ3) is 4.76. The van der Waals surface area contributed by atoms with E-state index in [4.69, 9.17) is 4.74 Å². The minimum absolute atomic E-state index is 0.0422. The Kier molecular flexibility index (Phi) is 6.76. The van der Waals surface area contributed by atoms with Gasteiger partial charge in [-0.2, -0.15) is 0 Å². The van der Waals surface area contributed by atoms with Crippen LogP contribution in [0.3, 0.4) is 0 Å². The van der Waals surface area contributed by atoms with E-state index < -0.39 is 11.3 Å². The fraction of sp³-hybridized carbons (Fsp3) is 0.333. The Bertz CT molecular complexity index is 1450. The molecular weight excluding hydrogens is 510 g/mol. The summed E-state index contributed by atoms with van der Waals surface area (Å²) in [5.41, 5.74) is 3.29. The number of urea groups is 1. The van der Waals surface area contributed by atoms with Gasteiger partial charge in [-0.05, 0) is 61.7 Å². The largest absolute Gasteiger partial charge is 0.457 e. The number of carbonyl (C=O) groups is 2. The first-order chi connectivity index (χ1) is 18.9. The third-order valence-corrected chi connectivity index (χ3v) is 9.06. The molecule has 3 aromatic rings. The van der Waals surface area contributed by atoms with Crippen LogP contribution < -0.4 is 20.3 Å². The van der Waals surface area contributed by atoms with Crippen molar-refractivity contribution in [3.05, 3.63) is 71.9 Å². The van der Waals surface area contributed by atoms with E-state index in [0.717, 1.165) is 59.0 Å². The number of carbonyl (C=O) groups excluding carboxylic acids is 2. The Morgan fingerprint density at radius 3 is 2.69 bits per heavy atom. The summed E-state index contributed by atoms with van der Waals surface area (Å²) >= 11 is 1.42. The number of pyridine rings is 1. The number of rotatable bonds is 6. The number of aryl methyl sites for hydroxylation is 1. The molecule has 200 valence electrons. The monoisotopic (exact) mass is 542 g/mol. The summed E-state index contributed by atoms with van der Waals surface area (Å²) in [4.78, 5) is 33.4. The maximum atomic E-state index is 13.6. The van der Waals surface area contributed by atoms with E-state index in [1.807, 2.05) is 73.1 Å². The number of para-hydroxylation sites is 1. The molecule has 2 aromatic carbocycles. The van der Waals surface area contributed by atoms with Gasteiger partial charge in [-0.25, -0.2) is 14.4 Å². The van der Waals surface area contributed by atoms with Gasteiger partial charge in [-0.3, -0.25) is 9.69 Å². The van der Waals surface area contributed by atoms with Gasteiger partial charge in [0, 0.05) is 18.2 Å². The number of nitrogens with one attached hydrogen (secondary N) is 2. The first kappa shape index (κ1) is 25.4. The fourth-order valence-corrected chi connectivity index (χ4v) is 7.14. The second kappa shape index (κ2) is 10.4. The number of benzene rings is 2. The van der Waals surface area contributed by atoms with E-state index in [1.54, 1.807) is 11.1 Å². The Balaban J connectivity index is 1.26. The third-order valence-electron chi connectivity index (χ3n) is 7.78. The lowest BCUT2D eigenvalue weighted by Gasteiger charge is -2.35. The van der Waals surface area contributed by atoms with Crippen molar-refractivity contribution >= 4 is 41.8 Å². The van der Waals surface area contributed by atoms with Crippen LogP contribution in [-0.2, 0) is 4.79 Å². The number of aromatic nitrogens is 1. The highest BCUT2D eigenvalue weighted by Crippen LogP contribution is 2.51. The van der Waals surface area contributed by atoms with Gasteiger partial charge in [-0.1, -0.05) is 36.4 Å². The van der Waals surface area contributed by atoms with Crippen LogP contribution in [-0.4, -0.2) is 52.6 Å². The first-order valence-corrected chi connectivity index (χ1v) is 14.2. The number of thioether (sulfide) groups is 1. The molecule has 0 radical (unpaired) electrons. The summed E-state index contributed by atoms with van der Waals surface area (Å²) in [7, 11) is 1.96. The summed E-state index contributed by atoms with van der Waals surface area (Å²) in [6, 6.07) is 16.7. The molecule has 0 spiro atoms. The van der Waals surface area contributed by atoms with Crippen LogP contribution in [0.1, 0.15) is 42.9 Å². The molecule has 6 rings (SSSR count). The molecule has 1 fully saturated rings. The Morgan fingerprint density at radius 1 is 1.13 bits per heavy atom. The number of hydrogen-bond donors (Lipinski definition) is 2. The van der Waals surface area contributed by atoms with Crippen molar-refractivity contribution < 1.29 is 18.9 Å². The smallest absolute Gasteiger partial charge is 0.327 e. The highest BCUT2D eigenvalue weighted by atomic mass is 32.2. The maximum absolute atomic E-state index is 13.6. The Hall–Kier alpha value is -3.85. The van der Waals surface area contributed by atoms with E-state index in [0.29, 0.717) is 5.75 Å². The zero-order valence-electron chi connectivity index (χ0n) is 22.1. The molecule has 2 unspecified atom stereocenters. The highest BCUT2D eigenvalue weighted by Gasteiger charge is 2.47. The van der Waals surface area contributed by atoms with E-state index in [2.05, 4.69) is 22.3 Å². The molecule has 3 aliphatic rings. The SMILES string of the molecule is C=[N+](C)[C@@H]1CCCC[C@@H]1NC(=O)C1Sc2nccc3c2C1NC(=O)N3c1ccc(Oc2ccccc2)cc1C.